The molecule has 1 aliphatic heterocycles. The van der Waals surface area contributed by atoms with Gasteiger partial charge < -0.3 is 10.2 Å². The molecule has 0 radical (unpaired) electrons. The van der Waals surface area contributed by atoms with Gasteiger partial charge in [0.05, 0.1) is 5.69 Å². The number of carbonyl (C=O) groups is 1. The maximum absolute atomic E-state index is 11.9. The number of hydrogen-bond acceptors (Lipinski definition) is 3. The first-order chi connectivity index (χ1) is 10.6. The molecule has 22 heavy (non-hydrogen) atoms. The molecular weight excluding hydrogens is 278 g/mol. The zero-order chi connectivity index (χ0) is 15.5. The maximum atomic E-state index is 11.9. The minimum Gasteiger partial charge on any atom is -0.334 e. The molecule has 116 valence electrons. The molecule has 0 bridgehead atoms. The number of aromatic nitrogens is 3. The van der Waals surface area contributed by atoms with Gasteiger partial charge in [0.25, 0.3) is 0 Å². The van der Waals surface area contributed by atoms with E-state index >= 15 is 0 Å². The van der Waals surface area contributed by atoms with Gasteiger partial charge in [-0.25, -0.2) is 14.5 Å². The molecule has 1 N–H and O–H groups in total. The second-order valence-electron chi connectivity index (χ2n) is 5.72. The lowest BCUT2D eigenvalue weighted by molar-refractivity contribution is 0.208. The van der Waals surface area contributed by atoms with Crippen molar-refractivity contribution in [2.75, 3.05) is 13.1 Å². The summed E-state index contributed by atoms with van der Waals surface area (Å²) in [6.07, 6.45) is 3.99. The van der Waals surface area contributed by atoms with E-state index in [4.69, 9.17) is 0 Å². The Kier molecular flexibility index (Phi) is 4.09. The molecule has 0 saturated carbocycles. The quantitative estimate of drug-likeness (QED) is 0.945. The number of likely N-dealkylation sites (tertiary alicyclic amines) is 1. The number of urea groups is 1. The highest BCUT2D eigenvalue weighted by molar-refractivity contribution is 5.74. The monoisotopic (exact) mass is 299 g/mol. The molecule has 1 aliphatic rings. The van der Waals surface area contributed by atoms with E-state index in [2.05, 4.69) is 15.4 Å². The van der Waals surface area contributed by atoms with Crippen LogP contribution in [0.1, 0.15) is 29.8 Å². The fraction of sp³-hybridized carbons (Fsp3) is 0.438. The highest BCUT2D eigenvalue weighted by Crippen LogP contribution is 2.11. The van der Waals surface area contributed by atoms with E-state index in [-0.39, 0.29) is 6.03 Å². The van der Waals surface area contributed by atoms with Crippen LogP contribution >= 0.6 is 0 Å². The lowest BCUT2D eigenvalue weighted by Crippen LogP contribution is -2.37. The number of amides is 2. The number of rotatable bonds is 3. The van der Waals surface area contributed by atoms with Crippen molar-refractivity contribution < 1.29 is 4.79 Å². The average molecular weight is 299 g/mol. The van der Waals surface area contributed by atoms with Crippen molar-refractivity contribution in [3.8, 4) is 5.82 Å². The Balaban J connectivity index is 1.62. The summed E-state index contributed by atoms with van der Waals surface area (Å²) >= 11 is 0. The predicted octanol–water partition coefficient (Wildman–Crippen LogP) is 2.19. The van der Waals surface area contributed by atoms with Crippen molar-refractivity contribution in [3.05, 3.63) is 41.3 Å². The Hall–Kier alpha value is -2.37. The minimum atomic E-state index is 0.0140. The van der Waals surface area contributed by atoms with Crippen LogP contribution < -0.4 is 5.32 Å². The van der Waals surface area contributed by atoms with Crippen LogP contribution in [-0.2, 0) is 6.54 Å². The molecule has 6 heteroatoms. The molecular formula is C16H21N5O. The molecule has 3 heterocycles. The summed E-state index contributed by atoms with van der Waals surface area (Å²) in [6.45, 7) is 6.19. The first kappa shape index (κ1) is 14.6. The van der Waals surface area contributed by atoms with Gasteiger partial charge in [-0.2, -0.15) is 5.10 Å². The largest absolute Gasteiger partial charge is 0.334 e. The third-order valence-electron chi connectivity index (χ3n) is 3.87. The first-order valence-electron chi connectivity index (χ1n) is 7.65. The summed E-state index contributed by atoms with van der Waals surface area (Å²) in [6, 6.07) is 5.94. The normalized spacial score (nSPS) is 14.4. The molecule has 1 fully saturated rings. The average Bonchev–Trinajstić information content (AvgIpc) is 3.15. The van der Waals surface area contributed by atoms with E-state index in [0.29, 0.717) is 6.54 Å². The van der Waals surface area contributed by atoms with Crippen LogP contribution in [0.4, 0.5) is 4.79 Å². The van der Waals surface area contributed by atoms with Crippen molar-refractivity contribution in [3.63, 3.8) is 0 Å². The fourth-order valence-electron chi connectivity index (χ4n) is 2.72. The Bertz CT molecular complexity index is 656. The third-order valence-corrected chi connectivity index (χ3v) is 3.87. The van der Waals surface area contributed by atoms with Gasteiger partial charge in [0.1, 0.15) is 0 Å². The lowest BCUT2D eigenvalue weighted by atomic mass is 10.3. The highest BCUT2D eigenvalue weighted by atomic mass is 16.2. The molecule has 6 nitrogen and oxygen atoms in total. The first-order valence-corrected chi connectivity index (χ1v) is 7.65. The van der Waals surface area contributed by atoms with Gasteiger partial charge in [0.15, 0.2) is 5.82 Å². The van der Waals surface area contributed by atoms with Gasteiger partial charge in [-0.05, 0) is 44.4 Å². The van der Waals surface area contributed by atoms with Crippen molar-refractivity contribution in [1.82, 2.24) is 25.0 Å². The highest BCUT2D eigenvalue weighted by Gasteiger charge is 2.17. The lowest BCUT2D eigenvalue weighted by Gasteiger charge is -2.16. The van der Waals surface area contributed by atoms with Gasteiger partial charge in [-0.1, -0.05) is 6.07 Å². The molecule has 0 atom stereocenters. The van der Waals surface area contributed by atoms with Crippen molar-refractivity contribution in [2.45, 2.75) is 33.2 Å². The molecule has 2 amide bonds. The van der Waals surface area contributed by atoms with E-state index in [9.17, 15) is 4.79 Å². The Morgan fingerprint density at radius 2 is 2.05 bits per heavy atom. The van der Waals surface area contributed by atoms with Crippen molar-refractivity contribution >= 4 is 6.03 Å². The summed E-state index contributed by atoms with van der Waals surface area (Å²) < 4.78 is 1.82. The maximum Gasteiger partial charge on any atom is 0.317 e. The van der Waals surface area contributed by atoms with Gasteiger partial charge in [0, 0.05) is 31.5 Å². The molecule has 0 unspecified atom stereocenters. The third kappa shape index (κ3) is 3.10. The van der Waals surface area contributed by atoms with Gasteiger partial charge >= 0.3 is 6.03 Å². The predicted molar refractivity (Wildman–Crippen MR) is 83.9 cm³/mol. The Morgan fingerprint density at radius 3 is 2.64 bits per heavy atom. The van der Waals surface area contributed by atoms with E-state index in [1.807, 2.05) is 41.6 Å². The van der Waals surface area contributed by atoms with Crippen LogP contribution in [0.15, 0.2) is 24.4 Å². The van der Waals surface area contributed by atoms with Gasteiger partial charge in [0.2, 0.25) is 0 Å². The number of aryl methyl sites for hydroxylation is 2. The van der Waals surface area contributed by atoms with E-state index < -0.39 is 0 Å². The van der Waals surface area contributed by atoms with Crippen LogP contribution in [0.3, 0.4) is 0 Å². The van der Waals surface area contributed by atoms with Gasteiger partial charge in [-0.15, -0.1) is 0 Å². The zero-order valence-electron chi connectivity index (χ0n) is 13.0. The van der Waals surface area contributed by atoms with Crippen molar-refractivity contribution in [1.29, 1.82) is 0 Å². The second kappa shape index (κ2) is 6.17. The van der Waals surface area contributed by atoms with Crippen LogP contribution in [0, 0.1) is 13.8 Å². The van der Waals surface area contributed by atoms with Crippen LogP contribution in [0.5, 0.6) is 0 Å². The molecule has 0 aromatic carbocycles. The van der Waals surface area contributed by atoms with Crippen LogP contribution in [-0.4, -0.2) is 38.8 Å². The number of carbonyl (C=O) groups excluding carboxylic acids is 1. The second-order valence-corrected chi connectivity index (χ2v) is 5.72. The van der Waals surface area contributed by atoms with Crippen molar-refractivity contribution in [2.24, 2.45) is 0 Å². The van der Waals surface area contributed by atoms with E-state index in [1.165, 1.54) is 0 Å². The molecule has 2 aromatic rings. The summed E-state index contributed by atoms with van der Waals surface area (Å²) in [5, 5.41) is 7.35. The summed E-state index contributed by atoms with van der Waals surface area (Å²) in [7, 11) is 0. The van der Waals surface area contributed by atoms with Gasteiger partial charge in [-0.3, -0.25) is 0 Å². The molecule has 2 aromatic heterocycles. The van der Waals surface area contributed by atoms with Crippen LogP contribution in [0.25, 0.3) is 5.82 Å². The van der Waals surface area contributed by atoms with E-state index in [1.54, 1.807) is 6.20 Å². The smallest absolute Gasteiger partial charge is 0.317 e. The molecule has 3 rings (SSSR count). The molecule has 0 aliphatic carbocycles. The number of nitrogens with zero attached hydrogens (tertiary/aromatic N) is 4. The summed E-state index contributed by atoms with van der Waals surface area (Å²) in [5.74, 6) is 0.792. The van der Waals surface area contributed by atoms with E-state index in [0.717, 1.165) is 48.7 Å². The number of hydrogen-bond donors (Lipinski definition) is 1. The summed E-state index contributed by atoms with van der Waals surface area (Å²) in [5.41, 5.74) is 3.01. The Labute approximate surface area is 130 Å². The molecule has 1 saturated heterocycles. The zero-order valence-corrected chi connectivity index (χ0v) is 13.0. The minimum absolute atomic E-state index is 0.0140. The number of pyridine rings is 1. The molecule has 0 spiro atoms. The topological polar surface area (TPSA) is 63.1 Å². The van der Waals surface area contributed by atoms with Crippen LogP contribution in [0.2, 0.25) is 0 Å². The fourth-order valence-corrected chi connectivity index (χ4v) is 2.72. The number of nitrogens with one attached hydrogen (secondary N) is 1. The summed E-state index contributed by atoms with van der Waals surface area (Å²) in [4.78, 5) is 18.2. The SMILES string of the molecule is Cc1cc(C)n(-c2ccc(CNC(=O)N3CCCC3)cn2)n1. The Morgan fingerprint density at radius 1 is 1.27 bits per heavy atom. The standard InChI is InChI=1S/C16H21N5O/c1-12-9-13(2)21(19-12)15-6-5-14(10-17-15)11-18-16(22)20-7-3-4-8-20/h5-6,9-10H,3-4,7-8,11H2,1-2H3,(H,18,22).